The van der Waals surface area contributed by atoms with Gasteiger partial charge in [0.1, 0.15) is 3.72 Å². The number of hydrogen-bond acceptors (Lipinski definition) is 2. The molecular formula is C5H7IN2. The quantitative estimate of drug-likeness (QED) is 0.613. The molecule has 0 bridgehead atoms. The van der Waals surface area contributed by atoms with Crippen molar-refractivity contribution in [2.45, 2.75) is 6.92 Å². The fraction of sp³-hybridized carbons (Fsp3) is 0.400. The van der Waals surface area contributed by atoms with Crippen LogP contribution in [0, 0.1) is 0 Å². The van der Waals surface area contributed by atoms with Crippen LogP contribution < -0.4 is 5.43 Å². The van der Waals surface area contributed by atoms with Crippen LogP contribution in [0.15, 0.2) is 16.8 Å². The molecule has 0 aliphatic carbocycles. The van der Waals surface area contributed by atoms with Crippen molar-refractivity contribution in [1.82, 2.24) is 5.43 Å². The Morgan fingerprint density at radius 3 is 3.00 bits per heavy atom. The molecule has 0 fully saturated rings. The second kappa shape index (κ2) is 2.48. The summed E-state index contributed by atoms with van der Waals surface area (Å²) < 4.78 is 1.06. The smallest absolute Gasteiger partial charge is 0.123 e. The van der Waals surface area contributed by atoms with Crippen LogP contribution in [0.3, 0.4) is 0 Å². The molecule has 0 radical (unpaired) electrons. The van der Waals surface area contributed by atoms with Gasteiger partial charge in [-0.3, -0.25) is 0 Å². The van der Waals surface area contributed by atoms with Gasteiger partial charge in [-0.15, -0.1) is 0 Å². The van der Waals surface area contributed by atoms with E-state index in [1.807, 2.05) is 0 Å². The van der Waals surface area contributed by atoms with Gasteiger partial charge in [0.2, 0.25) is 0 Å². The first-order valence-electron chi connectivity index (χ1n) is 2.44. The summed E-state index contributed by atoms with van der Waals surface area (Å²) in [7, 11) is 0. The molecule has 3 heteroatoms. The van der Waals surface area contributed by atoms with Crippen molar-refractivity contribution in [3.05, 3.63) is 11.6 Å². The molecule has 0 aromatic carbocycles. The third kappa shape index (κ3) is 1.21. The molecule has 8 heavy (non-hydrogen) atoms. The number of halogens is 1. The van der Waals surface area contributed by atoms with Crippen molar-refractivity contribution < 1.29 is 0 Å². The van der Waals surface area contributed by atoms with E-state index in [2.05, 4.69) is 46.1 Å². The molecule has 1 aliphatic rings. The molecule has 0 aromatic heterocycles. The molecule has 0 atom stereocenters. The van der Waals surface area contributed by atoms with Gasteiger partial charge in [0, 0.05) is 0 Å². The number of rotatable bonds is 0. The zero-order valence-corrected chi connectivity index (χ0v) is 6.77. The van der Waals surface area contributed by atoms with Crippen LogP contribution in [-0.4, -0.2) is 10.3 Å². The minimum absolute atomic E-state index is 0.873. The fourth-order valence-electron chi connectivity index (χ4n) is 0.486. The summed E-state index contributed by atoms with van der Waals surface area (Å²) in [4.78, 5) is 0. The maximum atomic E-state index is 4.00. The molecule has 1 rings (SSSR count). The largest absolute Gasteiger partial charge is 0.305 e. The average molecular weight is 222 g/mol. The predicted octanol–water partition coefficient (Wildman–Crippen LogP) is 1.28. The van der Waals surface area contributed by atoms with Gasteiger partial charge in [-0.1, -0.05) is 6.08 Å². The second-order valence-electron chi connectivity index (χ2n) is 1.65. The van der Waals surface area contributed by atoms with E-state index in [9.17, 15) is 0 Å². The summed E-state index contributed by atoms with van der Waals surface area (Å²) in [6, 6.07) is 0. The van der Waals surface area contributed by atoms with Crippen LogP contribution >= 0.6 is 22.6 Å². The van der Waals surface area contributed by atoms with Crippen LogP contribution in [0.1, 0.15) is 6.92 Å². The zero-order valence-electron chi connectivity index (χ0n) is 4.61. The van der Waals surface area contributed by atoms with Crippen molar-refractivity contribution in [1.29, 1.82) is 0 Å². The number of nitrogens with zero attached hydrogens (tertiary/aromatic N) is 1. The number of allylic oxidation sites excluding steroid dienone is 1. The summed E-state index contributed by atoms with van der Waals surface area (Å²) in [5.41, 5.74) is 4.14. The first-order chi connectivity index (χ1) is 3.80. The lowest BCUT2D eigenvalue weighted by Gasteiger charge is -2.05. The van der Waals surface area contributed by atoms with E-state index < -0.39 is 0 Å². The Kier molecular flexibility index (Phi) is 1.88. The normalized spacial score (nSPS) is 18.8. The molecular weight excluding hydrogens is 215 g/mol. The van der Waals surface area contributed by atoms with Gasteiger partial charge >= 0.3 is 0 Å². The molecule has 2 nitrogen and oxygen atoms in total. The van der Waals surface area contributed by atoms with E-state index in [0.29, 0.717) is 0 Å². The van der Waals surface area contributed by atoms with Crippen molar-refractivity contribution in [2.24, 2.45) is 5.10 Å². The van der Waals surface area contributed by atoms with E-state index >= 15 is 0 Å². The average Bonchev–Trinajstić information content (AvgIpc) is 1.77. The predicted molar refractivity (Wildman–Crippen MR) is 43.2 cm³/mol. The highest BCUT2D eigenvalue weighted by atomic mass is 127. The van der Waals surface area contributed by atoms with E-state index in [0.717, 1.165) is 10.3 Å². The van der Waals surface area contributed by atoms with E-state index in [4.69, 9.17) is 0 Å². The minimum Gasteiger partial charge on any atom is -0.305 e. The number of hydrazone groups is 1. The van der Waals surface area contributed by atoms with Gasteiger partial charge in [-0.2, -0.15) is 5.10 Å². The summed E-state index contributed by atoms with van der Waals surface area (Å²) in [6.45, 7) is 2.93. The first-order valence-corrected chi connectivity index (χ1v) is 3.52. The topological polar surface area (TPSA) is 24.4 Å². The molecule has 1 N–H and O–H groups in total. The van der Waals surface area contributed by atoms with Gasteiger partial charge in [0.05, 0.1) is 6.54 Å². The first kappa shape index (κ1) is 6.07. The van der Waals surface area contributed by atoms with Crippen molar-refractivity contribution in [3.8, 4) is 0 Å². The lowest BCUT2D eigenvalue weighted by molar-refractivity contribution is 0.816. The third-order valence-electron chi connectivity index (χ3n) is 1.00. The molecule has 0 aromatic rings. The summed E-state index contributed by atoms with van der Waals surface area (Å²) in [5, 5.41) is 4.00. The van der Waals surface area contributed by atoms with Gasteiger partial charge in [-0.05, 0) is 35.1 Å². The minimum atomic E-state index is 0.873. The summed E-state index contributed by atoms with van der Waals surface area (Å²) in [6.07, 6.45) is 2.12. The van der Waals surface area contributed by atoms with Crippen molar-refractivity contribution >= 4 is 26.3 Å². The van der Waals surface area contributed by atoms with Gasteiger partial charge in [0.25, 0.3) is 0 Å². The Morgan fingerprint density at radius 2 is 2.62 bits per heavy atom. The molecule has 0 saturated heterocycles. The highest BCUT2D eigenvalue weighted by molar-refractivity contribution is 14.1. The Bertz CT molecular complexity index is 131. The second-order valence-corrected chi connectivity index (χ2v) is 2.67. The Hall–Kier alpha value is -0.0600. The third-order valence-corrected chi connectivity index (χ3v) is 2.09. The molecule has 0 saturated carbocycles. The SMILES string of the molecule is CC1=CCNN=C1I. The molecule has 0 unspecified atom stereocenters. The van der Waals surface area contributed by atoms with Crippen LogP contribution in [0.2, 0.25) is 0 Å². The highest BCUT2D eigenvalue weighted by Gasteiger charge is 1.98. The van der Waals surface area contributed by atoms with Gasteiger partial charge < -0.3 is 5.43 Å². The Balaban J connectivity index is 2.73. The zero-order chi connectivity index (χ0) is 5.98. The molecule has 0 spiro atoms. The van der Waals surface area contributed by atoms with Gasteiger partial charge in [0.15, 0.2) is 0 Å². The van der Waals surface area contributed by atoms with Crippen molar-refractivity contribution in [2.75, 3.05) is 6.54 Å². The molecule has 44 valence electrons. The standard InChI is InChI=1S/C5H7IN2/c1-4-2-3-7-8-5(4)6/h2,7H,3H2,1H3. The van der Waals surface area contributed by atoms with E-state index in [1.165, 1.54) is 5.57 Å². The lowest BCUT2D eigenvalue weighted by atomic mass is 10.3. The molecule has 0 amide bonds. The number of nitrogens with one attached hydrogen (secondary N) is 1. The highest BCUT2D eigenvalue weighted by Crippen LogP contribution is 2.05. The fourth-order valence-corrected chi connectivity index (χ4v) is 0.877. The summed E-state index contributed by atoms with van der Waals surface area (Å²) >= 11 is 2.20. The van der Waals surface area contributed by atoms with Crippen molar-refractivity contribution in [3.63, 3.8) is 0 Å². The Labute approximate surface area is 62.2 Å². The van der Waals surface area contributed by atoms with Crippen LogP contribution in [0.5, 0.6) is 0 Å². The lowest BCUT2D eigenvalue weighted by Crippen LogP contribution is -2.13. The van der Waals surface area contributed by atoms with Crippen LogP contribution in [-0.2, 0) is 0 Å². The maximum absolute atomic E-state index is 4.00. The van der Waals surface area contributed by atoms with Gasteiger partial charge in [-0.25, -0.2) is 0 Å². The van der Waals surface area contributed by atoms with Crippen LogP contribution in [0.25, 0.3) is 0 Å². The monoisotopic (exact) mass is 222 g/mol. The summed E-state index contributed by atoms with van der Waals surface area (Å²) in [5.74, 6) is 0. The maximum Gasteiger partial charge on any atom is 0.123 e. The van der Waals surface area contributed by atoms with E-state index in [-0.39, 0.29) is 0 Å². The number of hydrogen-bond donors (Lipinski definition) is 1. The Morgan fingerprint density at radius 1 is 1.88 bits per heavy atom. The molecule has 1 aliphatic heterocycles. The van der Waals surface area contributed by atoms with Crippen LogP contribution in [0.4, 0.5) is 0 Å². The van der Waals surface area contributed by atoms with E-state index in [1.54, 1.807) is 0 Å². The molecule has 1 heterocycles.